The summed E-state index contributed by atoms with van der Waals surface area (Å²) in [5.41, 5.74) is 4.26. The first-order chi connectivity index (χ1) is 14.4. The van der Waals surface area contributed by atoms with E-state index in [-0.39, 0.29) is 48.9 Å². The predicted molar refractivity (Wildman–Crippen MR) is 120 cm³/mol. The molecule has 4 N–H and O–H groups in total. The Kier molecular flexibility index (Phi) is 11.2. The SMILES string of the molecule is CCc1cc(CC)c(OP(=O)(O)O)c(Cc2cc(CC)cc(CC)c2OP(=O)(O)O)c1.[H-].[Na+]. The zero-order valence-corrected chi connectivity index (χ0v) is 23.0. The fourth-order valence-electron chi connectivity index (χ4n) is 3.53. The molecule has 174 valence electrons. The molecule has 0 spiro atoms. The maximum atomic E-state index is 11.6. The molecule has 0 aromatic heterocycles. The van der Waals surface area contributed by atoms with Gasteiger partial charge in [0.25, 0.3) is 0 Å². The van der Waals surface area contributed by atoms with Crippen molar-refractivity contribution in [2.75, 3.05) is 0 Å². The Morgan fingerprint density at radius 2 is 0.969 bits per heavy atom. The van der Waals surface area contributed by atoms with Gasteiger partial charge in [-0.05, 0) is 59.1 Å². The summed E-state index contributed by atoms with van der Waals surface area (Å²) in [6.45, 7) is 7.66. The van der Waals surface area contributed by atoms with Gasteiger partial charge in [-0.1, -0.05) is 52.0 Å². The Bertz CT molecular complexity index is 954. The molecule has 0 atom stereocenters. The summed E-state index contributed by atoms with van der Waals surface area (Å²) >= 11 is 0. The van der Waals surface area contributed by atoms with E-state index < -0.39 is 15.6 Å². The van der Waals surface area contributed by atoms with E-state index in [0.29, 0.717) is 47.9 Å². The maximum absolute atomic E-state index is 11.6. The van der Waals surface area contributed by atoms with Crippen molar-refractivity contribution in [3.63, 3.8) is 0 Å². The molecule has 0 saturated heterocycles. The molecular weight excluding hydrogens is 465 g/mol. The van der Waals surface area contributed by atoms with Crippen LogP contribution in [0, 0.1) is 0 Å². The van der Waals surface area contributed by atoms with Gasteiger partial charge in [-0.2, -0.15) is 0 Å². The molecule has 32 heavy (non-hydrogen) atoms. The summed E-state index contributed by atoms with van der Waals surface area (Å²) < 4.78 is 33.4. The van der Waals surface area contributed by atoms with Crippen molar-refractivity contribution < 1.29 is 68.7 Å². The number of aryl methyl sites for hydroxylation is 4. The second kappa shape index (κ2) is 12.2. The monoisotopic (exact) mass is 496 g/mol. The molecule has 0 unspecified atom stereocenters. The van der Waals surface area contributed by atoms with Crippen molar-refractivity contribution >= 4 is 15.6 Å². The van der Waals surface area contributed by atoms with Crippen LogP contribution in [0.15, 0.2) is 24.3 Å². The largest absolute Gasteiger partial charge is 1.00 e. The summed E-state index contributed by atoms with van der Waals surface area (Å²) in [4.78, 5) is 37.8. The minimum absolute atomic E-state index is 0. The molecular formula is C21H31NaO8P2. The van der Waals surface area contributed by atoms with Crippen LogP contribution in [0.4, 0.5) is 0 Å². The number of phosphoric ester groups is 2. The van der Waals surface area contributed by atoms with Gasteiger partial charge in [0.2, 0.25) is 0 Å². The Morgan fingerprint density at radius 1 is 0.656 bits per heavy atom. The summed E-state index contributed by atoms with van der Waals surface area (Å²) in [6, 6.07) is 7.30. The first-order valence-electron chi connectivity index (χ1n) is 10.2. The molecule has 0 amide bonds. The Hall–Kier alpha value is -0.660. The predicted octanol–water partition coefficient (Wildman–Crippen LogP) is 1.59. The van der Waals surface area contributed by atoms with Crippen LogP contribution in [0.2, 0.25) is 0 Å². The van der Waals surface area contributed by atoms with Gasteiger partial charge in [0, 0.05) is 6.42 Å². The number of hydrogen-bond acceptors (Lipinski definition) is 4. The molecule has 2 rings (SSSR count). The van der Waals surface area contributed by atoms with Crippen molar-refractivity contribution in [1.29, 1.82) is 0 Å². The Morgan fingerprint density at radius 3 is 1.22 bits per heavy atom. The van der Waals surface area contributed by atoms with E-state index in [1.165, 1.54) is 0 Å². The first kappa shape index (κ1) is 29.4. The summed E-state index contributed by atoms with van der Waals surface area (Å²) in [5.74, 6) is 0.185. The first-order valence-corrected chi connectivity index (χ1v) is 13.3. The molecule has 0 fully saturated rings. The van der Waals surface area contributed by atoms with E-state index in [9.17, 15) is 28.7 Å². The van der Waals surface area contributed by atoms with E-state index in [0.717, 1.165) is 11.1 Å². The van der Waals surface area contributed by atoms with Crippen LogP contribution in [-0.2, 0) is 41.2 Å². The van der Waals surface area contributed by atoms with Crippen LogP contribution in [0.5, 0.6) is 11.5 Å². The zero-order chi connectivity index (χ0) is 23.4. The molecule has 0 radical (unpaired) electrons. The molecule has 0 saturated carbocycles. The molecule has 2 aromatic rings. The van der Waals surface area contributed by atoms with Crippen LogP contribution < -0.4 is 38.6 Å². The fraction of sp³-hybridized carbons (Fsp3) is 0.429. The number of phosphoric acid groups is 2. The molecule has 2 aromatic carbocycles. The van der Waals surface area contributed by atoms with Crippen LogP contribution in [0.3, 0.4) is 0 Å². The average Bonchev–Trinajstić information content (AvgIpc) is 2.67. The third kappa shape index (κ3) is 8.28. The molecule has 0 heterocycles. The van der Waals surface area contributed by atoms with Gasteiger partial charge in [-0.15, -0.1) is 0 Å². The van der Waals surface area contributed by atoms with Gasteiger partial charge < -0.3 is 10.5 Å². The third-order valence-electron chi connectivity index (χ3n) is 4.98. The maximum Gasteiger partial charge on any atom is 1.00 e. The molecule has 8 nitrogen and oxygen atoms in total. The van der Waals surface area contributed by atoms with Crippen molar-refractivity contribution in [3.8, 4) is 11.5 Å². The quantitative estimate of drug-likeness (QED) is 0.288. The Balaban J connectivity index is 0.00000512. The molecule has 0 aliphatic rings. The smallest absolute Gasteiger partial charge is 1.00 e. The molecule has 0 aliphatic carbocycles. The zero-order valence-electron chi connectivity index (χ0n) is 20.2. The summed E-state index contributed by atoms with van der Waals surface area (Å²) in [6.07, 6.45) is 2.54. The van der Waals surface area contributed by atoms with Crippen LogP contribution >= 0.6 is 15.6 Å². The van der Waals surface area contributed by atoms with E-state index in [4.69, 9.17) is 9.05 Å². The summed E-state index contributed by atoms with van der Waals surface area (Å²) in [5, 5.41) is 0. The topological polar surface area (TPSA) is 134 Å². The van der Waals surface area contributed by atoms with Crippen LogP contribution in [-0.4, -0.2) is 19.6 Å². The van der Waals surface area contributed by atoms with Gasteiger partial charge >= 0.3 is 45.2 Å². The Labute approximate surface area is 212 Å². The normalized spacial score (nSPS) is 11.8. The van der Waals surface area contributed by atoms with Gasteiger partial charge in [0.05, 0.1) is 0 Å². The fourth-order valence-corrected chi connectivity index (χ4v) is 4.47. The third-order valence-corrected chi connectivity index (χ3v) is 5.83. The van der Waals surface area contributed by atoms with Gasteiger partial charge in [-0.3, -0.25) is 19.6 Å². The van der Waals surface area contributed by atoms with Crippen molar-refractivity contribution in [2.45, 2.75) is 59.8 Å². The van der Waals surface area contributed by atoms with Crippen molar-refractivity contribution in [3.05, 3.63) is 57.6 Å². The van der Waals surface area contributed by atoms with Crippen LogP contribution in [0.1, 0.15) is 62.5 Å². The molecule has 0 aliphatic heterocycles. The minimum Gasteiger partial charge on any atom is -1.00 e. The standard InChI is InChI=1S/C21H30O8P2.Na.H/c1-5-14-9-16(7-3)20(28-30(22,23)24)18(11-14)13-19-12-15(6-2)10-17(8-4)21(19)29-31(25,26)27;;/h9-12H,5-8,13H2,1-4H3,(H2,22,23,24)(H2,25,26,27);;/q;+1;-1. The minimum atomic E-state index is -4.81. The number of benzene rings is 2. The van der Waals surface area contributed by atoms with E-state index in [1.807, 2.05) is 39.8 Å². The van der Waals surface area contributed by atoms with Crippen molar-refractivity contribution in [1.82, 2.24) is 0 Å². The molecule has 0 bridgehead atoms. The van der Waals surface area contributed by atoms with E-state index in [2.05, 4.69) is 0 Å². The van der Waals surface area contributed by atoms with E-state index >= 15 is 0 Å². The van der Waals surface area contributed by atoms with Crippen molar-refractivity contribution in [2.24, 2.45) is 0 Å². The number of rotatable bonds is 10. The van der Waals surface area contributed by atoms with Gasteiger partial charge in [-0.25, -0.2) is 9.13 Å². The number of hydrogen-bond donors (Lipinski definition) is 4. The van der Waals surface area contributed by atoms with Gasteiger partial charge in [0.1, 0.15) is 11.5 Å². The molecule has 11 heteroatoms. The average molecular weight is 496 g/mol. The van der Waals surface area contributed by atoms with Gasteiger partial charge in [0.15, 0.2) is 0 Å². The second-order valence-electron chi connectivity index (χ2n) is 7.24. The second-order valence-corrected chi connectivity index (χ2v) is 9.57. The van der Waals surface area contributed by atoms with Crippen LogP contribution in [0.25, 0.3) is 0 Å². The summed E-state index contributed by atoms with van der Waals surface area (Å²) in [7, 11) is -9.63. The van der Waals surface area contributed by atoms with E-state index in [1.54, 1.807) is 12.1 Å².